The summed E-state index contributed by atoms with van der Waals surface area (Å²) in [5, 5.41) is 0. The molecule has 2 aromatic rings. The van der Waals surface area contributed by atoms with Crippen molar-refractivity contribution in [2.75, 3.05) is 31.9 Å². The maximum atomic E-state index is 13.7. The molecule has 0 heterocycles. The van der Waals surface area contributed by atoms with Crippen molar-refractivity contribution >= 4 is 11.4 Å². The van der Waals surface area contributed by atoms with Crippen LogP contribution in [0.3, 0.4) is 0 Å². The average molecular weight is 290 g/mol. The van der Waals surface area contributed by atoms with Gasteiger partial charge in [0.15, 0.2) is 11.5 Å². The first-order valence-electron chi connectivity index (χ1n) is 6.53. The van der Waals surface area contributed by atoms with E-state index in [1.165, 1.54) is 6.07 Å². The van der Waals surface area contributed by atoms with E-state index < -0.39 is 0 Å². The Labute approximate surface area is 123 Å². The summed E-state index contributed by atoms with van der Waals surface area (Å²) >= 11 is 0. The summed E-state index contributed by atoms with van der Waals surface area (Å²) in [6, 6.07) is 10.2. The molecule has 0 saturated heterocycles. The molecule has 0 unspecified atom stereocenters. The number of nitrogens with zero attached hydrogens (tertiary/aromatic N) is 1. The van der Waals surface area contributed by atoms with Crippen LogP contribution in [0, 0.1) is 5.82 Å². The van der Waals surface area contributed by atoms with Gasteiger partial charge in [0.1, 0.15) is 5.82 Å². The van der Waals surface area contributed by atoms with E-state index >= 15 is 0 Å². The molecule has 0 aliphatic rings. The summed E-state index contributed by atoms with van der Waals surface area (Å²) in [4.78, 5) is 1.87. The van der Waals surface area contributed by atoms with Gasteiger partial charge >= 0.3 is 0 Å². The van der Waals surface area contributed by atoms with Gasteiger partial charge in [0.05, 0.1) is 25.6 Å². The summed E-state index contributed by atoms with van der Waals surface area (Å²) in [5.74, 6) is 0.920. The maximum absolute atomic E-state index is 13.7. The Morgan fingerprint density at radius 2 is 1.71 bits per heavy atom. The van der Waals surface area contributed by atoms with Crippen LogP contribution in [0.4, 0.5) is 15.8 Å². The molecule has 2 N–H and O–H groups in total. The first-order valence-corrected chi connectivity index (χ1v) is 6.53. The molecule has 0 spiro atoms. The van der Waals surface area contributed by atoms with E-state index in [4.69, 9.17) is 15.2 Å². The lowest BCUT2D eigenvalue weighted by Crippen LogP contribution is -2.18. The number of rotatable bonds is 5. The van der Waals surface area contributed by atoms with Crippen LogP contribution in [0.25, 0.3) is 0 Å². The highest BCUT2D eigenvalue weighted by atomic mass is 19.1. The van der Waals surface area contributed by atoms with Gasteiger partial charge in [-0.25, -0.2) is 4.39 Å². The van der Waals surface area contributed by atoms with E-state index in [1.807, 2.05) is 18.0 Å². The van der Waals surface area contributed by atoms with Crippen LogP contribution in [-0.4, -0.2) is 21.3 Å². The quantitative estimate of drug-likeness (QED) is 0.860. The lowest BCUT2D eigenvalue weighted by Gasteiger charge is -2.23. The fourth-order valence-corrected chi connectivity index (χ4v) is 2.18. The topological polar surface area (TPSA) is 47.7 Å². The lowest BCUT2D eigenvalue weighted by atomic mass is 10.1. The lowest BCUT2D eigenvalue weighted by molar-refractivity contribution is 0.355. The summed E-state index contributed by atoms with van der Waals surface area (Å²) in [6.07, 6.45) is 0. The number of nitrogens with two attached hydrogens (primary N) is 1. The second-order valence-corrected chi connectivity index (χ2v) is 4.71. The molecule has 5 heteroatoms. The monoisotopic (exact) mass is 290 g/mol. The minimum absolute atomic E-state index is 0.233. The number of nitrogen functional groups attached to an aromatic ring is 1. The Kier molecular flexibility index (Phi) is 4.52. The number of hydrogen-bond donors (Lipinski definition) is 1. The number of anilines is 2. The molecule has 112 valence electrons. The minimum atomic E-state index is -0.233. The van der Waals surface area contributed by atoms with Crippen molar-refractivity contribution in [3.63, 3.8) is 0 Å². The van der Waals surface area contributed by atoms with Crippen LogP contribution in [0.5, 0.6) is 11.5 Å². The number of hydrogen-bond acceptors (Lipinski definition) is 4. The van der Waals surface area contributed by atoms with Gasteiger partial charge in [0, 0.05) is 31.3 Å². The normalized spacial score (nSPS) is 10.3. The molecule has 4 nitrogen and oxygen atoms in total. The van der Waals surface area contributed by atoms with Gasteiger partial charge in [-0.05, 0) is 6.07 Å². The number of halogens is 1. The van der Waals surface area contributed by atoms with Crippen molar-refractivity contribution in [3.8, 4) is 11.5 Å². The molecule has 0 amide bonds. The van der Waals surface area contributed by atoms with Crippen LogP contribution < -0.4 is 20.1 Å². The first-order chi connectivity index (χ1) is 10.1. The van der Waals surface area contributed by atoms with Gasteiger partial charge in [-0.3, -0.25) is 0 Å². The summed E-state index contributed by atoms with van der Waals surface area (Å²) in [7, 11) is 4.97. The predicted octanol–water partition coefficient (Wildman–Crippen LogP) is 3.06. The van der Waals surface area contributed by atoms with Gasteiger partial charge in [-0.15, -0.1) is 0 Å². The minimum Gasteiger partial charge on any atom is -0.493 e. The van der Waals surface area contributed by atoms with Crippen LogP contribution in [0.2, 0.25) is 0 Å². The number of ether oxygens (including phenoxy) is 2. The number of methoxy groups -OCH3 is 2. The fraction of sp³-hybridized carbons (Fsp3) is 0.250. The van der Waals surface area contributed by atoms with Crippen molar-refractivity contribution in [1.29, 1.82) is 0 Å². The van der Waals surface area contributed by atoms with Gasteiger partial charge < -0.3 is 20.1 Å². The molecular formula is C16H19FN2O2. The van der Waals surface area contributed by atoms with Crippen LogP contribution in [-0.2, 0) is 6.54 Å². The molecule has 2 aromatic carbocycles. The fourth-order valence-electron chi connectivity index (χ4n) is 2.18. The Morgan fingerprint density at radius 1 is 1.10 bits per heavy atom. The standard InChI is InChI=1S/C16H19FN2O2/c1-19(10-11-6-4-5-7-12(11)17)14-9-16(21-3)15(20-2)8-13(14)18/h4-9H,10,18H2,1-3H3. The van der Waals surface area contributed by atoms with E-state index in [-0.39, 0.29) is 5.82 Å². The molecule has 21 heavy (non-hydrogen) atoms. The third-order valence-corrected chi connectivity index (χ3v) is 3.31. The van der Waals surface area contributed by atoms with Crippen molar-refractivity contribution < 1.29 is 13.9 Å². The molecule has 0 saturated carbocycles. The molecule has 0 aromatic heterocycles. The summed E-state index contributed by atoms with van der Waals surface area (Å²) in [5.41, 5.74) is 7.96. The van der Waals surface area contributed by atoms with E-state index in [0.29, 0.717) is 29.3 Å². The van der Waals surface area contributed by atoms with E-state index in [1.54, 1.807) is 38.5 Å². The zero-order chi connectivity index (χ0) is 15.4. The maximum Gasteiger partial charge on any atom is 0.162 e. The smallest absolute Gasteiger partial charge is 0.162 e. The molecule has 0 atom stereocenters. The molecule has 0 aliphatic carbocycles. The Balaban J connectivity index is 2.31. The third-order valence-electron chi connectivity index (χ3n) is 3.31. The van der Waals surface area contributed by atoms with Crippen molar-refractivity contribution in [2.24, 2.45) is 0 Å². The van der Waals surface area contributed by atoms with E-state index in [9.17, 15) is 4.39 Å². The third kappa shape index (κ3) is 3.18. The summed E-state index contributed by atoms with van der Waals surface area (Å²) < 4.78 is 24.2. The van der Waals surface area contributed by atoms with Gasteiger partial charge in [0.2, 0.25) is 0 Å². The zero-order valence-electron chi connectivity index (χ0n) is 12.4. The Bertz CT molecular complexity index is 632. The number of benzene rings is 2. The Morgan fingerprint density at radius 3 is 2.33 bits per heavy atom. The molecule has 2 rings (SSSR count). The second-order valence-electron chi connectivity index (χ2n) is 4.71. The van der Waals surface area contributed by atoms with Gasteiger partial charge in [-0.2, -0.15) is 0 Å². The highest BCUT2D eigenvalue weighted by molar-refractivity contribution is 5.73. The van der Waals surface area contributed by atoms with Crippen molar-refractivity contribution in [2.45, 2.75) is 6.54 Å². The second kappa shape index (κ2) is 6.35. The van der Waals surface area contributed by atoms with Gasteiger partial charge in [-0.1, -0.05) is 18.2 Å². The molecule has 0 fully saturated rings. The van der Waals surface area contributed by atoms with E-state index in [0.717, 1.165) is 5.69 Å². The van der Waals surface area contributed by atoms with Gasteiger partial charge in [0.25, 0.3) is 0 Å². The van der Waals surface area contributed by atoms with Crippen LogP contribution in [0.1, 0.15) is 5.56 Å². The molecular weight excluding hydrogens is 271 g/mol. The highest BCUT2D eigenvalue weighted by Crippen LogP contribution is 2.36. The summed E-state index contributed by atoms with van der Waals surface area (Å²) in [6.45, 7) is 0.409. The Hall–Kier alpha value is -2.43. The van der Waals surface area contributed by atoms with Crippen molar-refractivity contribution in [3.05, 3.63) is 47.8 Å². The van der Waals surface area contributed by atoms with E-state index in [2.05, 4.69) is 0 Å². The molecule has 0 radical (unpaired) electrons. The molecule has 0 bridgehead atoms. The van der Waals surface area contributed by atoms with Crippen LogP contribution in [0.15, 0.2) is 36.4 Å². The first kappa shape index (κ1) is 15.0. The average Bonchev–Trinajstić information content (AvgIpc) is 2.49. The molecule has 0 aliphatic heterocycles. The predicted molar refractivity (Wildman–Crippen MR) is 82.5 cm³/mol. The zero-order valence-corrected chi connectivity index (χ0v) is 12.4. The van der Waals surface area contributed by atoms with Crippen molar-refractivity contribution in [1.82, 2.24) is 0 Å². The highest BCUT2D eigenvalue weighted by Gasteiger charge is 2.13. The van der Waals surface area contributed by atoms with Crippen LogP contribution >= 0.6 is 0 Å². The SMILES string of the molecule is COc1cc(N)c(N(C)Cc2ccccc2F)cc1OC. The largest absolute Gasteiger partial charge is 0.493 e.